The molecule has 33 heavy (non-hydrogen) atoms. The fraction of sp³-hybridized carbons (Fsp3) is 0.522. The maximum Gasteiger partial charge on any atom is 0.225 e. The Labute approximate surface area is 214 Å². The van der Waals surface area contributed by atoms with Crippen LogP contribution in [0.1, 0.15) is 12.8 Å². The largest absolute Gasteiger partial charge is 0.493 e. The number of hydrogen-bond acceptors (Lipinski definition) is 7. The molecule has 1 aliphatic rings. The highest BCUT2D eigenvalue weighted by atomic mass is 127. The monoisotopic (exact) mass is 569 g/mol. The maximum absolute atomic E-state index is 5.77. The van der Waals surface area contributed by atoms with Gasteiger partial charge < -0.3 is 25.0 Å². The van der Waals surface area contributed by atoms with Crippen molar-refractivity contribution in [1.82, 2.24) is 20.2 Å². The minimum Gasteiger partial charge on any atom is -0.493 e. The van der Waals surface area contributed by atoms with Gasteiger partial charge in [0.05, 0.1) is 6.61 Å². The zero-order valence-corrected chi connectivity index (χ0v) is 21.9. The molecule has 10 heteroatoms. The third-order valence-corrected chi connectivity index (χ3v) is 5.23. The van der Waals surface area contributed by atoms with Crippen molar-refractivity contribution >= 4 is 41.6 Å². The van der Waals surface area contributed by atoms with E-state index in [0.29, 0.717) is 13.2 Å². The number of nitrogens with one attached hydrogen (secondary N) is 2. The molecule has 182 valence electrons. The summed E-state index contributed by atoms with van der Waals surface area (Å²) in [6, 6.07) is 9.77. The molecule has 1 aromatic carbocycles. The van der Waals surface area contributed by atoms with Crippen LogP contribution >= 0.6 is 24.0 Å². The first-order valence-corrected chi connectivity index (χ1v) is 11.2. The molecule has 1 saturated heterocycles. The molecule has 1 aliphatic heterocycles. The van der Waals surface area contributed by atoms with E-state index in [4.69, 9.17) is 9.47 Å². The number of aliphatic imine (C=N–C) groups is 1. The SMILES string of the molecule is CN=C(NCCCN1CCN(c2ncccn2)CC1)Nc1cccc(OCCCOC)c1.I. The number of ether oxygens (including phenoxy) is 2. The van der Waals surface area contributed by atoms with Crippen LogP contribution in [0, 0.1) is 0 Å². The highest BCUT2D eigenvalue weighted by Crippen LogP contribution is 2.17. The molecule has 0 spiro atoms. The summed E-state index contributed by atoms with van der Waals surface area (Å²) < 4.78 is 10.8. The highest BCUT2D eigenvalue weighted by Gasteiger charge is 2.18. The van der Waals surface area contributed by atoms with E-state index in [1.807, 2.05) is 30.3 Å². The lowest BCUT2D eigenvalue weighted by atomic mass is 10.3. The van der Waals surface area contributed by atoms with Crippen molar-refractivity contribution in [2.24, 2.45) is 4.99 Å². The summed E-state index contributed by atoms with van der Waals surface area (Å²) in [6.45, 7) is 7.23. The van der Waals surface area contributed by atoms with Crippen molar-refractivity contribution < 1.29 is 9.47 Å². The van der Waals surface area contributed by atoms with E-state index in [1.54, 1.807) is 26.6 Å². The maximum atomic E-state index is 5.77. The molecule has 0 atom stereocenters. The number of piperazine rings is 1. The molecule has 0 radical (unpaired) electrons. The van der Waals surface area contributed by atoms with Gasteiger partial charge in [0, 0.05) is 84.1 Å². The van der Waals surface area contributed by atoms with Gasteiger partial charge in [0.25, 0.3) is 0 Å². The van der Waals surface area contributed by atoms with Gasteiger partial charge in [0.15, 0.2) is 5.96 Å². The molecule has 0 bridgehead atoms. The lowest BCUT2D eigenvalue weighted by Gasteiger charge is -2.34. The number of benzene rings is 1. The second-order valence-corrected chi connectivity index (χ2v) is 7.58. The molecule has 2 heterocycles. The summed E-state index contributed by atoms with van der Waals surface area (Å²) in [6.07, 6.45) is 5.51. The van der Waals surface area contributed by atoms with E-state index in [-0.39, 0.29) is 24.0 Å². The minimum absolute atomic E-state index is 0. The number of guanidine groups is 1. The van der Waals surface area contributed by atoms with E-state index in [1.165, 1.54) is 0 Å². The lowest BCUT2D eigenvalue weighted by molar-refractivity contribution is 0.172. The molecule has 2 N–H and O–H groups in total. The fourth-order valence-electron chi connectivity index (χ4n) is 3.51. The minimum atomic E-state index is 0. The molecule has 9 nitrogen and oxygen atoms in total. The Morgan fingerprint density at radius 1 is 1.06 bits per heavy atom. The highest BCUT2D eigenvalue weighted by molar-refractivity contribution is 14.0. The Morgan fingerprint density at radius 3 is 2.58 bits per heavy atom. The number of halogens is 1. The second kappa shape index (κ2) is 15.6. The van der Waals surface area contributed by atoms with Crippen molar-refractivity contribution in [3.8, 4) is 5.75 Å². The van der Waals surface area contributed by atoms with Gasteiger partial charge in [-0.2, -0.15) is 0 Å². The Balaban J connectivity index is 0.00000385. The van der Waals surface area contributed by atoms with Gasteiger partial charge in [0.2, 0.25) is 5.95 Å². The first kappa shape index (κ1) is 27.1. The smallest absolute Gasteiger partial charge is 0.225 e. The first-order valence-electron chi connectivity index (χ1n) is 11.2. The predicted molar refractivity (Wildman–Crippen MR) is 144 cm³/mol. The summed E-state index contributed by atoms with van der Waals surface area (Å²) in [7, 11) is 3.48. The average molecular weight is 569 g/mol. The third kappa shape index (κ3) is 9.68. The molecule has 0 unspecified atom stereocenters. The van der Waals surface area contributed by atoms with E-state index >= 15 is 0 Å². The normalized spacial score (nSPS) is 14.5. The molecular formula is C23H36IN7O2. The molecule has 2 aromatic rings. The van der Waals surface area contributed by atoms with Gasteiger partial charge in [-0.25, -0.2) is 9.97 Å². The zero-order valence-electron chi connectivity index (χ0n) is 19.6. The first-order chi connectivity index (χ1) is 15.8. The van der Waals surface area contributed by atoms with Gasteiger partial charge in [0.1, 0.15) is 5.75 Å². The number of anilines is 2. The number of hydrogen-bond donors (Lipinski definition) is 2. The molecule has 0 amide bonds. The lowest BCUT2D eigenvalue weighted by Crippen LogP contribution is -2.47. The van der Waals surface area contributed by atoms with E-state index in [0.717, 1.165) is 75.5 Å². The Hall–Kier alpha value is -2.18. The predicted octanol–water partition coefficient (Wildman–Crippen LogP) is 2.71. The van der Waals surface area contributed by atoms with Crippen LogP contribution in [0.4, 0.5) is 11.6 Å². The third-order valence-electron chi connectivity index (χ3n) is 5.23. The Morgan fingerprint density at radius 2 is 1.85 bits per heavy atom. The standard InChI is InChI=1S/C23H35N7O2.HI/c1-24-22(28-20-7-3-8-21(19-20)32-18-6-17-31-2)25-11-5-12-29-13-15-30(16-14-29)23-26-9-4-10-27-23;/h3-4,7-10,19H,5-6,11-18H2,1-2H3,(H2,24,25,28);1H. The molecule has 0 aliphatic carbocycles. The summed E-state index contributed by atoms with van der Waals surface area (Å²) in [4.78, 5) is 17.8. The number of nitrogens with zero attached hydrogens (tertiary/aromatic N) is 5. The van der Waals surface area contributed by atoms with Gasteiger partial charge in [-0.1, -0.05) is 6.07 Å². The zero-order chi connectivity index (χ0) is 22.4. The second-order valence-electron chi connectivity index (χ2n) is 7.58. The topological polar surface area (TPSA) is 87.1 Å². The van der Waals surface area contributed by atoms with E-state index < -0.39 is 0 Å². The van der Waals surface area contributed by atoms with Crippen LogP contribution < -0.4 is 20.3 Å². The van der Waals surface area contributed by atoms with Crippen LogP contribution in [0.3, 0.4) is 0 Å². The number of methoxy groups -OCH3 is 1. The molecule has 1 aromatic heterocycles. The Bertz CT molecular complexity index is 817. The van der Waals surface area contributed by atoms with Crippen LogP contribution in [0.2, 0.25) is 0 Å². The van der Waals surface area contributed by atoms with Gasteiger partial charge in [-0.15, -0.1) is 24.0 Å². The Kier molecular flexibility index (Phi) is 12.8. The number of rotatable bonds is 11. The molecule has 0 saturated carbocycles. The molecule has 1 fully saturated rings. The molecular weight excluding hydrogens is 533 g/mol. The quantitative estimate of drug-likeness (QED) is 0.185. The van der Waals surface area contributed by atoms with Crippen LogP contribution in [0.25, 0.3) is 0 Å². The van der Waals surface area contributed by atoms with Crippen molar-refractivity contribution in [1.29, 1.82) is 0 Å². The van der Waals surface area contributed by atoms with Crippen LogP contribution in [0.15, 0.2) is 47.7 Å². The summed E-state index contributed by atoms with van der Waals surface area (Å²) in [5, 5.41) is 6.73. The summed E-state index contributed by atoms with van der Waals surface area (Å²) >= 11 is 0. The van der Waals surface area contributed by atoms with Crippen molar-refractivity contribution in [3.63, 3.8) is 0 Å². The molecule has 3 rings (SSSR count). The van der Waals surface area contributed by atoms with Gasteiger partial charge in [-0.05, 0) is 31.2 Å². The van der Waals surface area contributed by atoms with Crippen molar-refractivity contribution in [2.45, 2.75) is 12.8 Å². The van der Waals surface area contributed by atoms with Gasteiger partial charge in [-0.3, -0.25) is 9.89 Å². The summed E-state index contributed by atoms with van der Waals surface area (Å²) in [5.74, 6) is 2.42. The number of aromatic nitrogens is 2. The van der Waals surface area contributed by atoms with Crippen molar-refractivity contribution in [3.05, 3.63) is 42.7 Å². The summed E-state index contributed by atoms with van der Waals surface area (Å²) in [5.41, 5.74) is 0.946. The van der Waals surface area contributed by atoms with Gasteiger partial charge >= 0.3 is 0 Å². The fourth-order valence-corrected chi connectivity index (χ4v) is 3.51. The van der Waals surface area contributed by atoms with Crippen LogP contribution in [-0.2, 0) is 4.74 Å². The van der Waals surface area contributed by atoms with Crippen LogP contribution in [-0.4, -0.2) is 87.5 Å². The van der Waals surface area contributed by atoms with Crippen molar-refractivity contribution in [2.75, 3.05) is 76.9 Å². The van der Waals surface area contributed by atoms with E-state index in [9.17, 15) is 0 Å². The average Bonchev–Trinajstić information content (AvgIpc) is 2.85. The van der Waals surface area contributed by atoms with Crippen LogP contribution in [0.5, 0.6) is 5.75 Å². The van der Waals surface area contributed by atoms with E-state index in [2.05, 4.69) is 35.4 Å².